The largest absolute Gasteiger partial charge is 0.463 e. The Bertz CT molecular complexity index is 2960. The zero-order valence-electron chi connectivity index (χ0n) is 61.2. The Kier molecular flexibility index (Phi) is 41.7. The molecule has 15 unspecified atom stereocenters. The Morgan fingerprint density at radius 1 is 0.340 bits per heavy atom. The Labute approximate surface area is 610 Å². The van der Waals surface area contributed by atoms with E-state index in [1.54, 1.807) is 0 Å². The summed E-state index contributed by atoms with van der Waals surface area (Å²) in [6.07, 6.45) is -17.1. The summed E-state index contributed by atoms with van der Waals surface area (Å²) in [6.45, 7) is 10.3. The molecule has 3 saturated heterocycles. The number of hydrogen-bond donors (Lipinski definition) is 8. The van der Waals surface area contributed by atoms with Gasteiger partial charge in [-0.1, -0.05) is 0 Å². The molecule has 0 aromatic rings. The van der Waals surface area contributed by atoms with E-state index >= 15 is 0 Å². The zero-order chi connectivity index (χ0) is 79.2. The van der Waals surface area contributed by atoms with Gasteiger partial charge in [-0.3, -0.25) is 76.7 Å². The number of esters is 9. The Hall–Kier alpha value is -8.88. The van der Waals surface area contributed by atoms with E-state index in [9.17, 15) is 76.7 Å². The van der Waals surface area contributed by atoms with Gasteiger partial charge in [-0.15, -0.1) is 0 Å². The fraction of sp³-hybridized carbons (Fsp3) is 0.750. The molecule has 0 aliphatic carbocycles. The first-order chi connectivity index (χ1) is 50.1. The molecule has 0 spiro atoms. The normalized spacial score (nSPS) is 24.4. The van der Waals surface area contributed by atoms with E-state index in [2.05, 4.69) is 37.2 Å². The second-order valence-electron chi connectivity index (χ2n) is 23.8. The summed E-state index contributed by atoms with van der Waals surface area (Å²) in [7, 11) is 0. The number of nitrogens with one attached hydrogen (secondary N) is 7. The van der Waals surface area contributed by atoms with Crippen LogP contribution in [0.4, 0.5) is 0 Å². The molecule has 42 nitrogen and oxygen atoms in total. The fourth-order valence-electron chi connectivity index (χ4n) is 10.6. The lowest BCUT2D eigenvalue weighted by molar-refractivity contribution is -0.279. The van der Waals surface area contributed by atoms with Crippen LogP contribution in [0.2, 0.25) is 0 Å². The molecule has 600 valence electrons. The van der Waals surface area contributed by atoms with Gasteiger partial charge in [0.05, 0.1) is 65.5 Å². The van der Waals surface area contributed by atoms with Gasteiger partial charge in [0, 0.05) is 116 Å². The third-order valence-corrected chi connectivity index (χ3v) is 14.7. The van der Waals surface area contributed by atoms with Crippen LogP contribution in [0, 0.1) is 0 Å². The summed E-state index contributed by atoms with van der Waals surface area (Å²) >= 11 is 0. The van der Waals surface area contributed by atoms with Crippen molar-refractivity contribution in [3.63, 3.8) is 0 Å². The third kappa shape index (κ3) is 35.5. The number of amides is 7. The van der Waals surface area contributed by atoms with Crippen LogP contribution in [-0.4, -0.2) is 298 Å². The van der Waals surface area contributed by atoms with E-state index in [1.807, 2.05) is 0 Å². The lowest BCUT2D eigenvalue weighted by Crippen LogP contribution is -2.66. The van der Waals surface area contributed by atoms with Gasteiger partial charge < -0.3 is 128 Å². The van der Waals surface area contributed by atoms with Crippen molar-refractivity contribution in [1.29, 1.82) is 0 Å². The highest BCUT2D eigenvalue weighted by molar-refractivity contribution is 5.89. The Balaban J connectivity index is 1.64. The van der Waals surface area contributed by atoms with Gasteiger partial charge in [0.15, 0.2) is 55.5 Å². The quantitative estimate of drug-likeness (QED) is 0.0160. The monoisotopic (exact) mass is 1520 g/mol. The molecule has 7 amide bonds. The van der Waals surface area contributed by atoms with Crippen LogP contribution < -0.4 is 43.0 Å². The molecule has 9 N–H and O–H groups in total. The minimum absolute atomic E-state index is 0.0700. The van der Waals surface area contributed by atoms with Gasteiger partial charge in [-0.05, 0) is 12.8 Å². The van der Waals surface area contributed by atoms with Crippen LogP contribution in [0.3, 0.4) is 0 Å². The Morgan fingerprint density at radius 3 is 0.934 bits per heavy atom. The number of ether oxygens (including phenoxy) is 18. The molecule has 0 aromatic heterocycles. The molecular weight excluding hydrogens is 1420 g/mol. The summed E-state index contributed by atoms with van der Waals surface area (Å²) in [5, 5.41) is 18.1. The molecular formula is C64H100N8O34. The number of hydrogen-bond acceptors (Lipinski definition) is 35. The molecule has 3 fully saturated rings. The van der Waals surface area contributed by atoms with Crippen LogP contribution in [-0.2, 0) is 162 Å². The molecule has 0 saturated carbocycles. The first-order valence-corrected chi connectivity index (χ1v) is 33.7. The van der Waals surface area contributed by atoms with Gasteiger partial charge in [-0.2, -0.15) is 0 Å². The summed E-state index contributed by atoms with van der Waals surface area (Å²) in [5.74, 6) is -11.5. The molecule has 0 radical (unpaired) electrons. The maximum atomic E-state index is 13.7. The summed E-state index contributed by atoms with van der Waals surface area (Å²) in [4.78, 5) is 199. The second kappa shape index (κ2) is 48.3. The van der Waals surface area contributed by atoms with Crippen molar-refractivity contribution in [2.75, 3.05) is 98.9 Å². The predicted molar refractivity (Wildman–Crippen MR) is 350 cm³/mol. The van der Waals surface area contributed by atoms with E-state index in [-0.39, 0.29) is 105 Å². The van der Waals surface area contributed by atoms with Gasteiger partial charge in [0.25, 0.3) is 0 Å². The van der Waals surface area contributed by atoms with Crippen LogP contribution in [0.25, 0.3) is 0 Å². The van der Waals surface area contributed by atoms with Gasteiger partial charge >= 0.3 is 53.7 Å². The van der Waals surface area contributed by atoms with Crippen molar-refractivity contribution in [2.45, 2.75) is 213 Å². The van der Waals surface area contributed by atoms with Crippen LogP contribution in [0.15, 0.2) is 0 Å². The van der Waals surface area contributed by atoms with Crippen molar-refractivity contribution in [1.82, 2.24) is 37.2 Å². The lowest BCUT2D eigenvalue weighted by Gasteiger charge is -2.44. The molecule has 3 aliphatic heterocycles. The van der Waals surface area contributed by atoms with Crippen molar-refractivity contribution in [3.8, 4) is 0 Å². The SMILES string of the molecule is CC(=O)NC1C(OCCOCCNC(=O)CC[C@H](NC(=O)CC[C@H](N)C(=O)NCCOCCOC2OC(COC(C)=O)C(OC(C)=O)C(OC(C)=O)C2NC(C)=O)C(=O)NCCOCCOC2OC(COC(C)=O)C(OC(C)=O)C(OC(C)=O)C2NC(C)=O)OC(COC(C)=O)C(OC(C)=O)C1OC(C)=O. The molecule has 3 rings (SSSR count). The average Bonchev–Trinajstić information content (AvgIpc) is 0.801. The second-order valence-corrected chi connectivity index (χ2v) is 23.8. The first kappa shape index (κ1) is 91.3. The molecule has 42 heteroatoms. The molecule has 3 heterocycles. The minimum Gasteiger partial charge on any atom is -0.463 e. The predicted octanol–water partition coefficient (Wildman–Crippen LogP) is -5.22. The summed E-state index contributed by atoms with van der Waals surface area (Å²) in [6, 6.07) is -6.32. The molecule has 106 heavy (non-hydrogen) atoms. The highest BCUT2D eigenvalue weighted by Gasteiger charge is 2.54. The van der Waals surface area contributed by atoms with E-state index in [0.29, 0.717) is 0 Å². The molecule has 0 bridgehead atoms. The first-order valence-electron chi connectivity index (χ1n) is 33.7. The fourth-order valence-corrected chi connectivity index (χ4v) is 10.6. The van der Waals surface area contributed by atoms with Crippen LogP contribution in [0.1, 0.15) is 109 Å². The number of nitrogens with two attached hydrogens (primary N) is 1. The maximum Gasteiger partial charge on any atom is 0.303 e. The third-order valence-electron chi connectivity index (χ3n) is 14.7. The van der Waals surface area contributed by atoms with Crippen LogP contribution >= 0.6 is 0 Å². The van der Waals surface area contributed by atoms with E-state index in [0.717, 1.165) is 62.3 Å². The maximum absolute atomic E-state index is 13.7. The van der Waals surface area contributed by atoms with Gasteiger partial charge in [-0.25, -0.2) is 0 Å². The molecule has 17 atom stereocenters. The van der Waals surface area contributed by atoms with E-state index in [1.165, 1.54) is 20.8 Å². The van der Waals surface area contributed by atoms with Crippen molar-refractivity contribution in [3.05, 3.63) is 0 Å². The zero-order valence-corrected chi connectivity index (χ0v) is 61.2. The van der Waals surface area contributed by atoms with Gasteiger partial charge in [0.2, 0.25) is 41.4 Å². The number of rotatable bonds is 45. The summed E-state index contributed by atoms with van der Waals surface area (Å²) < 4.78 is 100. The minimum atomic E-state index is -1.39. The Morgan fingerprint density at radius 2 is 0.632 bits per heavy atom. The molecule has 3 aliphatic rings. The highest BCUT2D eigenvalue weighted by Crippen LogP contribution is 2.31. The van der Waals surface area contributed by atoms with Crippen LogP contribution in [0.5, 0.6) is 0 Å². The lowest BCUT2D eigenvalue weighted by atomic mass is 9.96. The molecule has 0 aromatic carbocycles. The van der Waals surface area contributed by atoms with Crippen molar-refractivity contribution < 1.29 is 162 Å². The van der Waals surface area contributed by atoms with Crippen molar-refractivity contribution >= 4 is 95.1 Å². The number of carbonyl (C=O) groups excluding carboxylic acids is 16. The van der Waals surface area contributed by atoms with E-state index < -0.39 is 219 Å². The highest BCUT2D eigenvalue weighted by atomic mass is 16.7. The average molecular weight is 1530 g/mol. The van der Waals surface area contributed by atoms with E-state index in [4.69, 9.17) is 91.0 Å². The standard InChI is InChI=1S/C64H100N8O34/c1-32(73)69-51-57(101-41(10)82)54(98-38(7)79)46(29-95-35(4)76)104-62(51)92-26-23-89-20-17-66-49(85)16-14-45(61(88)68-19-22-91-25-28-94-64-53(71-34(3)75)59(103-43(12)84)56(100-40(9)81)48(106-64)31-97-37(6)78)72-50(86)15-13-44(65)60(87)67-18-21-90-24-27-93-63-52(70-33(2)74)58(102-42(11)83)55(99-39(8)80)47(105-63)30-96-36(5)77/h44-48,51-59,62-64H,13-31,65H2,1-12H3,(H,66,85)(H,67,87)(H,68,88)(H,69,73)(H,70,74)(H,71,75)(H,72,86)/t44-,45-,46?,47?,48?,51?,52?,53?,54?,55?,56?,57?,58?,59?,62?,63?,64?/m0/s1. The topological polar surface area (TPSA) is 549 Å². The number of carbonyl (C=O) groups is 16. The smallest absolute Gasteiger partial charge is 0.303 e. The van der Waals surface area contributed by atoms with Crippen molar-refractivity contribution in [2.24, 2.45) is 5.73 Å². The summed E-state index contributed by atoms with van der Waals surface area (Å²) in [5.41, 5.74) is 6.14. The van der Waals surface area contributed by atoms with Gasteiger partial charge in [0.1, 0.15) is 62.3 Å².